The van der Waals surface area contributed by atoms with Crippen LogP contribution in [-0.4, -0.2) is 41.9 Å². The second kappa shape index (κ2) is 4.61. The highest BCUT2D eigenvalue weighted by Gasteiger charge is 2.41. The molecule has 4 heteroatoms. The third-order valence-electron chi connectivity index (χ3n) is 3.34. The fourth-order valence-corrected chi connectivity index (χ4v) is 2.53. The van der Waals surface area contributed by atoms with Crippen LogP contribution in [0.2, 0.25) is 0 Å². The van der Waals surface area contributed by atoms with Gasteiger partial charge in [0.15, 0.2) is 6.29 Å². The maximum atomic E-state index is 9.80. The van der Waals surface area contributed by atoms with E-state index in [0.717, 1.165) is 0 Å². The Hall–Kier alpha value is -0.420. The number of hydrogen-bond acceptors (Lipinski definition) is 4. The molecular weight excluding hydrogens is 196 g/mol. The fourth-order valence-electron chi connectivity index (χ4n) is 2.53. The molecule has 1 heterocycles. The number of aliphatic hydroxyl groups is 2. The molecule has 0 radical (unpaired) electrons. The van der Waals surface area contributed by atoms with Crippen LogP contribution >= 0.6 is 0 Å². The molecule has 2 aliphatic rings. The van der Waals surface area contributed by atoms with E-state index in [1.54, 1.807) is 6.08 Å². The van der Waals surface area contributed by atoms with Crippen LogP contribution in [0.15, 0.2) is 12.7 Å². The summed E-state index contributed by atoms with van der Waals surface area (Å²) in [5.41, 5.74) is 0. The van der Waals surface area contributed by atoms with Gasteiger partial charge in [0.2, 0.25) is 0 Å². The van der Waals surface area contributed by atoms with Crippen LogP contribution in [0.1, 0.15) is 12.8 Å². The Balaban J connectivity index is 1.96. The first-order chi connectivity index (χ1) is 7.22. The van der Waals surface area contributed by atoms with Gasteiger partial charge in [-0.3, -0.25) is 0 Å². The van der Waals surface area contributed by atoms with Gasteiger partial charge in [-0.2, -0.15) is 0 Å². The molecule has 1 saturated carbocycles. The Kier molecular flexibility index (Phi) is 3.41. The summed E-state index contributed by atoms with van der Waals surface area (Å²) in [7, 11) is 0. The van der Waals surface area contributed by atoms with Crippen molar-refractivity contribution >= 4 is 0 Å². The Labute approximate surface area is 89.5 Å². The molecule has 0 aromatic carbocycles. The maximum absolute atomic E-state index is 9.80. The van der Waals surface area contributed by atoms with E-state index in [0.29, 0.717) is 26.1 Å². The lowest BCUT2D eigenvalue weighted by atomic mass is 9.90. The first-order valence-electron chi connectivity index (χ1n) is 5.44. The van der Waals surface area contributed by atoms with Crippen molar-refractivity contribution in [2.75, 3.05) is 13.2 Å². The number of hydrogen-bond donors (Lipinski definition) is 2. The quantitative estimate of drug-likeness (QED) is 0.663. The van der Waals surface area contributed by atoms with Gasteiger partial charge in [0.05, 0.1) is 25.4 Å². The second-order valence-electron chi connectivity index (χ2n) is 4.25. The normalized spacial score (nSPS) is 42.3. The summed E-state index contributed by atoms with van der Waals surface area (Å²) < 4.78 is 10.7. The average Bonchev–Trinajstić information content (AvgIpc) is 2.77. The zero-order valence-corrected chi connectivity index (χ0v) is 8.71. The van der Waals surface area contributed by atoms with Gasteiger partial charge < -0.3 is 19.7 Å². The van der Waals surface area contributed by atoms with E-state index in [4.69, 9.17) is 9.47 Å². The van der Waals surface area contributed by atoms with Crippen LogP contribution < -0.4 is 0 Å². The molecule has 0 bridgehead atoms. The zero-order valence-electron chi connectivity index (χ0n) is 8.71. The predicted molar refractivity (Wildman–Crippen MR) is 54.1 cm³/mol. The SMILES string of the molecule is C=C[C@@H]1[C@@H](CC2OCCO2)[C@@H](O)C[C@H]1O. The molecule has 0 aromatic rings. The van der Waals surface area contributed by atoms with E-state index in [9.17, 15) is 10.2 Å². The largest absolute Gasteiger partial charge is 0.393 e. The molecule has 86 valence electrons. The Morgan fingerprint density at radius 2 is 1.87 bits per heavy atom. The van der Waals surface area contributed by atoms with Crippen LogP contribution in [-0.2, 0) is 9.47 Å². The van der Waals surface area contributed by atoms with Crippen molar-refractivity contribution in [3.63, 3.8) is 0 Å². The minimum absolute atomic E-state index is 0.000556. The standard InChI is InChI=1S/C11H18O4/c1-2-7-8(10(13)6-9(7)12)5-11-14-3-4-15-11/h2,7-13H,1,3-6H2/t7-,8-,9-,10+/m1/s1. The molecule has 1 aliphatic heterocycles. The third-order valence-corrected chi connectivity index (χ3v) is 3.34. The molecule has 4 nitrogen and oxygen atoms in total. The molecule has 2 N–H and O–H groups in total. The highest BCUT2D eigenvalue weighted by atomic mass is 16.7. The van der Waals surface area contributed by atoms with E-state index in [2.05, 4.69) is 6.58 Å². The van der Waals surface area contributed by atoms with Gasteiger partial charge in [-0.15, -0.1) is 6.58 Å². The molecule has 1 aliphatic carbocycles. The molecule has 0 aromatic heterocycles. The van der Waals surface area contributed by atoms with Crippen molar-refractivity contribution in [1.29, 1.82) is 0 Å². The summed E-state index contributed by atoms with van der Waals surface area (Å²) in [4.78, 5) is 0. The number of ether oxygens (including phenoxy) is 2. The predicted octanol–water partition coefficient (Wildman–Crippen LogP) is 0.293. The second-order valence-corrected chi connectivity index (χ2v) is 4.25. The third kappa shape index (κ3) is 2.23. The van der Waals surface area contributed by atoms with Gasteiger partial charge in [-0.05, 0) is 5.92 Å². The van der Waals surface area contributed by atoms with Crippen LogP contribution in [0.5, 0.6) is 0 Å². The van der Waals surface area contributed by atoms with Gasteiger partial charge in [-0.25, -0.2) is 0 Å². The number of aliphatic hydroxyl groups excluding tert-OH is 2. The van der Waals surface area contributed by atoms with Crippen molar-refractivity contribution < 1.29 is 19.7 Å². The minimum Gasteiger partial charge on any atom is -0.393 e. The lowest BCUT2D eigenvalue weighted by molar-refractivity contribution is -0.0696. The van der Waals surface area contributed by atoms with E-state index in [1.165, 1.54) is 0 Å². The molecule has 2 rings (SSSR count). The van der Waals surface area contributed by atoms with Gasteiger partial charge in [-0.1, -0.05) is 6.08 Å². The van der Waals surface area contributed by atoms with Crippen molar-refractivity contribution in [3.8, 4) is 0 Å². The molecule has 1 saturated heterocycles. The van der Waals surface area contributed by atoms with Crippen LogP contribution in [0, 0.1) is 11.8 Å². The summed E-state index contributed by atoms with van der Waals surface area (Å²) in [5.74, 6) is -0.0478. The zero-order chi connectivity index (χ0) is 10.8. The lowest BCUT2D eigenvalue weighted by Gasteiger charge is -2.22. The van der Waals surface area contributed by atoms with Gasteiger partial charge in [0, 0.05) is 18.8 Å². The van der Waals surface area contributed by atoms with Crippen LogP contribution in [0.3, 0.4) is 0 Å². The molecule has 0 unspecified atom stereocenters. The highest BCUT2D eigenvalue weighted by molar-refractivity contribution is 4.99. The maximum Gasteiger partial charge on any atom is 0.158 e. The van der Waals surface area contributed by atoms with Crippen molar-refractivity contribution in [3.05, 3.63) is 12.7 Å². The van der Waals surface area contributed by atoms with Crippen molar-refractivity contribution in [2.45, 2.75) is 31.3 Å². The van der Waals surface area contributed by atoms with Gasteiger partial charge >= 0.3 is 0 Å². The topological polar surface area (TPSA) is 58.9 Å². The lowest BCUT2D eigenvalue weighted by Crippen LogP contribution is -2.25. The fraction of sp³-hybridized carbons (Fsp3) is 0.818. The summed E-state index contributed by atoms with van der Waals surface area (Å²) >= 11 is 0. The van der Waals surface area contributed by atoms with Gasteiger partial charge in [0.1, 0.15) is 0 Å². The van der Waals surface area contributed by atoms with Crippen LogP contribution in [0.4, 0.5) is 0 Å². The molecule has 2 fully saturated rings. The Bertz CT molecular complexity index is 225. The first-order valence-corrected chi connectivity index (χ1v) is 5.44. The smallest absolute Gasteiger partial charge is 0.158 e. The van der Waals surface area contributed by atoms with E-state index in [1.807, 2.05) is 0 Å². The summed E-state index contributed by atoms with van der Waals surface area (Å²) in [6, 6.07) is 0. The summed E-state index contributed by atoms with van der Waals surface area (Å²) in [6.07, 6.45) is 1.60. The number of rotatable bonds is 3. The van der Waals surface area contributed by atoms with Crippen molar-refractivity contribution in [1.82, 2.24) is 0 Å². The van der Waals surface area contributed by atoms with Crippen molar-refractivity contribution in [2.24, 2.45) is 11.8 Å². The monoisotopic (exact) mass is 214 g/mol. The summed E-state index contributed by atoms with van der Waals surface area (Å²) in [6.45, 7) is 4.94. The van der Waals surface area contributed by atoms with Crippen LogP contribution in [0.25, 0.3) is 0 Å². The minimum atomic E-state index is -0.482. The Morgan fingerprint density at radius 3 is 2.47 bits per heavy atom. The molecule has 0 amide bonds. The molecule has 4 atom stereocenters. The Morgan fingerprint density at radius 1 is 1.20 bits per heavy atom. The first kappa shape index (κ1) is 11.1. The highest BCUT2D eigenvalue weighted by Crippen LogP contribution is 2.37. The summed E-state index contributed by atoms with van der Waals surface area (Å²) in [5, 5.41) is 19.5. The van der Waals surface area contributed by atoms with E-state index >= 15 is 0 Å². The van der Waals surface area contributed by atoms with E-state index < -0.39 is 12.2 Å². The molecule has 0 spiro atoms. The molecular formula is C11H18O4. The van der Waals surface area contributed by atoms with E-state index in [-0.39, 0.29) is 18.1 Å². The average molecular weight is 214 g/mol. The van der Waals surface area contributed by atoms with Gasteiger partial charge in [0.25, 0.3) is 0 Å². The molecule has 15 heavy (non-hydrogen) atoms.